The highest BCUT2D eigenvalue weighted by molar-refractivity contribution is 5.79. The van der Waals surface area contributed by atoms with Crippen molar-refractivity contribution in [3.05, 3.63) is 45.5 Å². The topological polar surface area (TPSA) is 149 Å². The summed E-state index contributed by atoms with van der Waals surface area (Å²) in [5.74, 6) is -0.687. The number of nitrogens with one attached hydrogen (secondary N) is 1. The number of likely N-dealkylation sites (tertiary alicyclic amines) is 1. The Hall–Kier alpha value is -3.51. The fraction of sp³-hybridized carbons (Fsp3) is 0.560. The highest BCUT2D eigenvalue weighted by Crippen LogP contribution is 2.33. The number of hydrogen-bond acceptors (Lipinski definition) is 11. The molecular weight excluding hydrogens is 478 g/mol. The minimum atomic E-state index is -0.615. The van der Waals surface area contributed by atoms with Crippen LogP contribution in [0.1, 0.15) is 43.7 Å². The van der Waals surface area contributed by atoms with Gasteiger partial charge < -0.3 is 25.4 Å². The van der Waals surface area contributed by atoms with Crippen LogP contribution in [-0.2, 0) is 27.4 Å². The summed E-state index contributed by atoms with van der Waals surface area (Å²) in [6, 6.07) is 8.01. The Morgan fingerprint density at radius 2 is 2.08 bits per heavy atom. The van der Waals surface area contributed by atoms with Crippen molar-refractivity contribution in [3.8, 4) is 0 Å². The van der Waals surface area contributed by atoms with E-state index in [1.807, 2.05) is 12.1 Å². The number of hydrogen-bond donors (Lipinski definition) is 2. The molecule has 4 rings (SSSR count). The number of esters is 1. The number of carbonyl (C=O) groups excluding carboxylic acids is 1. The van der Waals surface area contributed by atoms with Gasteiger partial charge in [0.15, 0.2) is 0 Å². The van der Waals surface area contributed by atoms with E-state index >= 15 is 0 Å². The Morgan fingerprint density at radius 1 is 1.30 bits per heavy atom. The molecule has 2 saturated heterocycles. The zero-order valence-corrected chi connectivity index (χ0v) is 21.2. The maximum atomic E-state index is 12.5. The lowest BCUT2D eigenvalue weighted by Gasteiger charge is -2.24. The molecule has 0 amide bonds. The van der Waals surface area contributed by atoms with Gasteiger partial charge in [-0.1, -0.05) is 24.3 Å². The van der Waals surface area contributed by atoms with Crippen molar-refractivity contribution in [1.29, 1.82) is 0 Å². The van der Waals surface area contributed by atoms with E-state index in [1.165, 1.54) is 17.7 Å². The molecule has 0 saturated carbocycles. The number of nitro groups is 1. The van der Waals surface area contributed by atoms with Crippen molar-refractivity contribution < 1.29 is 19.2 Å². The summed E-state index contributed by atoms with van der Waals surface area (Å²) in [4.78, 5) is 36.4. The van der Waals surface area contributed by atoms with Crippen LogP contribution in [0.4, 0.5) is 23.3 Å². The lowest BCUT2D eigenvalue weighted by Crippen LogP contribution is -2.32. The van der Waals surface area contributed by atoms with Gasteiger partial charge in [-0.05, 0) is 56.8 Å². The third kappa shape index (κ3) is 7.26. The number of carbonyl (C=O) groups is 1. The predicted molar refractivity (Wildman–Crippen MR) is 139 cm³/mol. The van der Waals surface area contributed by atoms with Crippen molar-refractivity contribution in [2.24, 2.45) is 0 Å². The molecule has 0 radical (unpaired) electrons. The molecule has 0 aliphatic carbocycles. The highest BCUT2D eigenvalue weighted by atomic mass is 16.6. The predicted octanol–water partition coefficient (Wildman–Crippen LogP) is 2.72. The molecule has 1 atom stereocenters. The number of aromatic nitrogens is 2. The van der Waals surface area contributed by atoms with Crippen LogP contribution in [0.25, 0.3) is 0 Å². The van der Waals surface area contributed by atoms with E-state index in [1.54, 1.807) is 6.92 Å². The summed E-state index contributed by atoms with van der Waals surface area (Å²) in [7, 11) is 0. The minimum Gasteiger partial charge on any atom is -0.465 e. The van der Waals surface area contributed by atoms with Crippen LogP contribution in [0.2, 0.25) is 0 Å². The molecule has 12 nitrogen and oxygen atoms in total. The number of ether oxygens (including phenoxy) is 2. The number of anilines is 3. The molecule has 3 N–H and O–H groups in total. The first kappa shape index (κ1) is 26.6. The van der Waals surface area contributed by atoms with Crippen LogP contribution in [-0.4, -0.2) is 71.3 Å². The van der Waals surface area contributed by atoms with Crippen molar-refractivity contribution in [1.82, 2.24) is 14.9 Å². The second-order valence-corrected chi connectivity index (χ2v) is 9.34. The summed E-state index contributed by atoms with van der Waals surface area (Å²) in [5, 5.41) is 15.1. The molecule has 1 unspecified atom stereocenters. The summed E-state index contributed by atoms with van der Waals surface area (Å²) in [6.07, 6.45) is 4.30. The average molecular weight is 514 g/mol. The largest absolute Gasteiger partial charge is 0.465 e. The molecule has 0 spiro atoms. The molecular formula is C25H35N7O5. The molecule has 2 fully saturated rings. The molecule has 1 aromatic carbocycles. The highest BCUT2D eigenvalue weighted by Gasteiger charge is 2.29. The third-order valence-electron chi connectivity index (χ3n) is 6.48. The third-order valence-corrected chi connectivity index (χ3v) is 6.48. The van der Waals surface area contributed by atoms with Gasteiger partial charge in [0.05, 0.1) is 17.6 Å². The fourth-order valence-corrected chi connectivity index (χ4v) is 4.76. The quantitative estimate of drug-likeness (QED) is 0.245. The summed E-state index contributed by atoms with van der Waals surface area (Å²) in [6.45, 7) is 6.02. The van der Waals surface area contributed by atoms with Gasteiger partial charge in [0.1, 0.15) is 6.54 Å². The van der Waals surface area contributed by atoms with Crippen LogP contribution in [0.5, 0.6) is 0 Å². The van der Waals surface area contributed by atoms with E-state index in [0.717, 1.165) is 43.6 Å². The Bertz CT molecular complexity index is 1090. The van der Waals surface area contributed by atoms with E-state index < -0.39 is 16.6 Å². The van der Waals surface area contributed by atoms with Crippen LogP contribution in [0.3, 0.4) is 0 Å². The van der Waals surface area contributed by atoms with Crippen molar-refractivity contribution >= 4 is 29.2 Å². The number of benzene rings is 1. The van der Waals surface area contributed by atoms with Crippen LogP contribution in [0, 0.1) is 10.1 Å². The Morgan fingerprint density at radius 3 is 2.78 bits per heavy atom. The molecule has 1 aromatic heterocycles. The fourth-order valence-electron chi connectivity index (χ4n) is 4.76. The van der Waals surface area contributed by atoms with Gasteiger partial charge in [0.25, 0.3) is 0 Å². The van der Waals surface area contributed by atoms with E-state index in [4.69, 9.17) is 15.2 Å². The smallest absolute Gasteiger partial charge is 0.353 e. The molecule has 12 heteroatoms. The van der Waals surface area contributed by atoms with Gasteiger partial charge in [0, 0.05) is 26.2 Å². The van der Waals surface area contributed by atoms with Gasteiger partial charge >= 0.3 is 11.7 Å². The Balaban J connectivity index is 1.62. The maximum Gasteiger partial charge on any atom is 0.353 e. The minimum absolute atomic E-state index is 0.0115. The second-order valence-electron chi connectivity index (χ2n) is 9.34. The van der Waals surface area contributed by atoms with E-state index in [9.17, 15) is 14.9 Å². The zero-order chi connectivity index (χ0) is 26.2. The van der Waals surface area contributed by atoms with E-state index in [0.29, 0.717) is 13.2 Å². The molecule has 2 aliphatic heterocycles. The number of nitrogen functional groups attached to an aromatic ring is 1. The average Bonchev–Trinajstić information content (AvgIpc) is 3.57. The monoisotopic (exact) mass is 513 g/mol. The standard InChI is InChI=1S/C25H35N7O5/c1-2-36-21(33)17-31(16-19-8-5-7-18(13-19)15-30-10-3-4-11-30)24-22(32(34)35)23(26)28-25(29-24)27-14-20-9-6-12-37-20/h5,7-8,13,20H,2-4,6,9-12,14-17H2,1H3,(H3,26,27,28,29). The van der Waals surface area contributed by atoms with Crippen molar-refractivity contribution in [3.63, 3.8) is 0 Å². The molecule has 2 aliphatic rings. The lowest BCUT2D eigenvalue weighted by atomic mass is 10.1. The Labute approximate surface area is 216 Å². The van der Waals surface area contributed by atoms with Crippen molar-refractivity contribution in [2.75, 3.05) is 55.3 Å². The molecule has 3 heterocycles. The normalized spacial score (nSPS) is 17.6. The molecule has 37 heavy (non-hydrogen) atoms. The zero-order valence-electron chi connectivity index (χ0n) is 21.2. The van der Waals surface area contributed by atoms with Crippen LogP contribution < -0.4 is 16.0 Å². The summed E-state index contributed by atoms with van der Waals surface area (Å²) < 4.78 is 10.8. The van der Waals surface area contributed by atoms with Crippen LogP contribution in [0.15, 0.2) is 24.3 Å². The van der Waals surface area contributed by atoms with E-state index in [-0.39, 0.29) is 43.4 Å². The summed E-state index contributed by atoms with van der Waals surface area (Å²) in [5.41, 5.74) is 7.62. The van der Waals surface area contributed by atoms with Gasteiger partial charge in [-0.15, -0.1) is 0 Å². The van der Waals surface area contributed by atoms with E-state index in [2.05, 4.69) is 32.3 Å². The first-order chi connectivity index (χ1) is 17.9. The molecule has 200 valence electrons. The first-order valence-electron chi connectivity index (χ1n) is 12.8. The SMILES string of the molecule is CCOC(=O)CN(Cc1cccc(CN2CCCC2)c1)c1nc(NCC2CCCO2)nc(N)c1[N+](=O)[O-]. The first-order valence-corrected chi connectivity index (χ1v) is 12.8. The summed E-state index contributed by atoms with van der Waals surface area (Å²) >= 11 is 0. The number of nitrogens with two attached hydrogens (primary N) is 1. The molecule has 2 aromatic rings. The Kier molecular flexibility index (Phi) is 9.07. The van der Waals surface area contributed by atoms with Gasteiger partial charge in [0.2, 0.25) is 17.6 Å². The second kappa shape index (κ2) is 12.6. The molecule has 0 bridgehead atoms. The van der Waals surface area contributed by atoms with Gasteiger partial charge in [-0.2, -0.15) is 9.97 Å². The number of nitrogens with zero attached hydrogens (tertiary/aromatic N) is 5. The van der Waals surface area contributed by atoms with Gasteiger partial charge in [-0.3, -0.25) is 19.8 Å². The van der Waals surface area contributed by atoms with Gasteiger partial charge in [-0.25, -0.2) is 0 Å². The van der Waals surface area contributed by atoms with Crippen molar-refractivity contribution in [2.45, 2.75) is 51.8 Å². The lowest BCUT2D eigenvalue weighted by molar-refractivity contribution is -0.383. The van der Waals surface area contributed by atoms with Crippen LogP contribution >= 0.6 is 0 Å². The number of rotatable bonds is 12. The maximum absolute atomic E-state index is 12.5.